The summed E-state index contributed by atoms with van der Waals surface area (Å²) >= 11 is 0. The molecule has 0 N–H and O–H groups in total. The van der Waals surface area contributed by atoms with Crippen molar-refractivity contribution in [3.8, 4) is 45.3 Å². The number of furan rings is 1. The Morgan fingerprint density at radius 2 is 1.23 bits per heavy atom. The Hall–Kier alpha value is -6.40. The van der Waals surface area contributed by atoms with Gasteiger partial charge in [0.15, 0.2) is 0 Å². The van der Waals surface area contributed by atoms with E-state index in [9.17, 15) is 7.13 Å². The number of hydrogen-bond donors (Lipinski definition) is 0. The van der Waals surface area contributed by atoms with Crippen molar-refractivity contribution in [2.24, 2.45) is 0 Å². The second kappa shape index (κ2) is 22.4. The third-order valence-electron chi connectivity index (χ3n) is 13.4. The van der Waals surface area contributed by atoms with Crippen molar-refractivity contribution in [1.29, 1.82) is 0 Å². The van der Waals surface area contributed by atoms with Crippen LogP contribution in [0.3, 0.4) is 0 Å². The van der Waals surface area contributed by atoms with Gasteiger partial charge in [-0.15, -0.1) is 54.1 Å². The molecular weight excluding hydrogens is 1100 g/mol. The zero-order valence-corrected chi connectivity index (χ0v) is 48.1. The van der Waals surface area contributed by atoms with E-state index in [0.29, 0.717) is 50.6 Å². The molecule has 0 saturated carbocycles. The molecule has 7 heteroatoms. The molecule has 0 spiro atoms. The van der Waals surface area contributed by atoms with Crippen LogP contribution < -0.4 is 0 Å². The fourth-order valence-electron chi connectivity index (χ4n) is 9.65. The van der Waals surface area contributed by atoms with Crippen molar-refractivity contribution in [1.82, 2.24) is 19.1 Å². The Balaban J connectivity index is 0.000000253. The van der Waals surface area contributed by atoms with E-state index in [1.165, 1.54) is 13.8 Å². The van der Waals surface area contributed by atoms with Gasteiger partial charge in [0.25, 0.3) is 0 Å². The molecule has 5 nitrogen and oxygen atoms in total. The fraction of sp³-hybridized carbons (Fsp3) is 0.324. The number of aromatic nitrogens is 4. The molecule has 0 saturated heterocycles. The minimum Gasteiger partial charge on any atom is -0.501 e. The first-order valence-corrected chi connectivity index (χ1v) is 25.4. The van der Waals surface area contributed by atoms with Gasteiger partial charge in [-0.1, -0.05) is 173 Å². The first-order chi connectivity index (χ1) is 37.9. The van der Waals surface area contributed by atoms with Gasteiger partial charge in [0.1, 0.15) is 11.3 Å². The van der Waals surface area contributed by atoms with Gasteiger partial charge in [0.2, 0.25) is 0 Å². The van der Waals surface area contributed by atoms with Gasteiger partial charge in [-0.05, 0) is 112 Å². The zero-order valence-electron chi connectivity index (χ0n) is 53.7. The molecule has 3 aromatic heterocycles. The maximum Gasteiger partial charge on any atom is 0.121 e. The molecule has 1 radical (unpaired) electrons. The summed E-state index contributed by atoms with van der Waals surface area (Å²) in [5, 5.41) is 1.71. The van der Waals surface area contributed by atoms with Gasteiger partial charge in [-0.3, -0.25) is 9.97 Å². The van der Waals surface area contributed by atoms with Crippen LogP contribution in [0.5, 0.6) is 0 Å². The van der Waals surface area contributed by atoms with Crippen LogP contribution in [0.4, 0.5) is 4.39 Å². The smallest absolute Gasteiger partial charge is 0.121 e. The zero-order chi connectivity index (χ0) is 60.1. The number of fused-ring (bicyclic) bond motifs is 4. The summed E-state index contributed by atoms with van der Waals surface area (Å²) in [6, 6.07) is 48.6. The van der Waals surface area contributed by atoms with Crippen LogP contribution >= 0.6 is 0 Å². The third-order valence-corrected chi connectivity index (χ3v) is 13.4. The molecule has 0 atom stereocenters. The molecule has 3 heterocycles. The standard InChI is InChI=1S/C43H48FN2O.C25H25N2.Ir/c1-25(2)32-20-36(26(3)4)40(37(21-32)27(5)6)46-24-38(28(7)8)45-42(46)35-13-11-12-34-33-19-18-31(22-39(33)47-41(34)35)30-16-14-29(15-17-30)23-43(9,10)44;1-17(2)20-13-10-14-21(18(3)4)24(20)27-23-16-9-8-15-22(23)26-25(27)19-11-6-5-7-12-19;/h11-12,14-22,24-28H,23H2,1-10H3;5-11,13-18H,1-4H3;/q2*-1;/i23D2,25D,26D,27D,28D;17D,18D;. The number of imidazole rings is 2. The van der Waals surface area contributed by atoms with Crippen molar-refractivity contribution in [3.63, 3.8) is 0 Å². The van der Waals surface area contributed by atoms with Crippen LogP contribution in [0.25, 0.3) is 78.2 Å². The molecular formula is C68H73FIrN4O-2. The van der Waals surface area contributed by atoms with E-state index in [1.807, 2.05) is 148 Å². The van der Waals surface area contributed by atoms with E-state index < -0.39 is 47.4 Å². The van der Waals surface area contributed by atoms with Crippen molar-refractivity contribution >= 4 is 33.0 Å². The Morgan fingerprint density at radius 3 is 1.81 bits per heavy atom. The monoisotopic (exact) mass is 1180 g/mol. The molecule has 0 fully saturated rings. The Bertz CT molecular complexity index is 3940. The second-order valence-corrected chi connectivity index (χ2v) is 21.1. The summed E-state index contributed by atoms with van der Waals surface area (Å²) < 4.78 is 95.9. The normalized spacial score (nSPS) is 14.7. The van der Waals surface area contributed by atoms with Gasteiger partial charge in [0.05, 0.1) is 28.3 Å². The molecule has 0 bridgehead atoms. The molecule has 10 aromatic rings. The summed E-state index contributed by atoms with van der Waals surface area (Å²) in [7, 11) is 0. The number of rotatable bonds is 13. The number of alkyl halides is 1. The average Bonchev–Trinajstić information content (AvgIpc) is 2.07. The maximum absolute atomic E-state index is 14.7. The molecule has 10 rings (SSSR count). The molecule has 0 unspecified atom stereocenters. The van der Waals surface area contributed by atoms with Gasteiger partial charge >= 0.3 is 0 Å². The van der Waals surface area contributed by atoms with Crippen molar-refractivity contribution in [2.75, 3.05) is 0 Å². The summed E-state index contributed by atoms with van der Waals surface area (Å²) in [5.41, 5.74) is 10.0. The molecule has 0 aliphatic carbocycles. The summed E-state index contributed by atoms with van der Waals surface area (Å²) in [5.74, 6) is -4.74. The van der Waals surface area contributed by atoms with Crippen molar-refractivity contribution in [3.05, 3.63) is 191 Å². The van der Waals surface area contributed by atoms with E-state index in [0.717, 1.165) is 61.1 Å². The third kappa shape index (κ3) is 11.3. The van der Waals surface area contributed by atoms with Crippen LogP contribution in [0.15, 0.2) is 144 Å². The molecule has 389 valence electrons. The fourth-order valence-corrected chi connectivity index (χ4v) is 9.65. The summed E-state index contributed by atoms with van der Waals surface area (Å²) in [6.07, 6.45) is -0.340. The number of hydrogen-bond acceptors (Lipinski definition) is 3. The van der Waals surface area contributed by atoms with E-state index in [2.05, 4.69) is 16.7 Å². The van der Waals surface area contributed by atoms with E-state index in [1.54, 1.807) is 79.7 Å². The summed E-state index contributed by atoms with van der Waals surface area (Å²) in [4.78, 5) is 9.96. The Kier molecular flexibility index (Phi) is 13.4. The minimum absolute atomic E-state index is 0. The number of nitrogens with zero attached hydrogens (tertiary/aromatic N) is 4. The largest absolute Gasteiger partial charge is 0.501 e. The predicted molar refractivity (Wildman–Crippen MR) is 309 cm³/mol. The van der Waals surface area contributed by atoms with Gasteiger partial charge in [-0.2, -0.15) is 0 Å². The minimum atomic E-state index is -2.16. The van der Waals surface area contributed by atoms with Crippen molar-refractivity contribution in [2.45, 2.75) is 144 Å². The van der Waals surface area contributed by atoms with Crippen molar-refractivity contribution < 1.29 is 39.9 Å². The maximum atomic E-state index is 14.7. The first-order valence-electron chi connectivity index (χ1n) is 29.4. The molecule has 0 aliphatic heterocycles. The summed E-state index contributed by atoms with van der Waals surface area (Å²) in [6.45, 7) is 24.4. The Morgan fingerprint density at radius 1 is 0.600 bits per heavy atom. The van der Waals surface area contributed by atoms with E-state index in [4.69, 9.17) is 22.6 Å². The van der Waals surface area contributed by atoms with E-state index in [-0.39, 0.29) is 25.7 Å². The second-order valence-electron chi connectivity index (χ2n) is 21.1. The number of para-hydroxylation sites is 3. The number of benzene rings is 7. The van der Waals surface area contributed by atoms with Gasteiger partial charge < -0.3 is 13.6 Å². The first kappa shape index (κ1) is 44.9. The van der Waals surface area contributed by atoms with Gasteiger partial charge in [-0.25, -0.2) is 4.39 Å². The predicted octanol–water partition coefficient (Wildman–Crippen LogP) is 19.4. The number of halogens is 1. The molecule has 0 aliphatic rings. The Labute approximate surface area is 470 Å². The molecule has 0 amide bonds. The van der Waals surface area contributed by atoms with Crippen LogP contribution in [0, 0.1) is 12.1 Å². The van der Waals surface area contributed by atoms with Gasteiger partial charge in [0, 0.05) is 66.1 Å². The average molecular weight is 1180 g/mol. The van der Waals surface area contributed by atoms with Crippen LogP contribution in [-0.2, 0) is 26.5 Å². The molecule has 75 heavy (non-hydrogen) atoms. The SMILES string of the molecule is [2H]C(C)(C)c1cc(C([2H])(C)C)c(-n2cc(C([2H])(C)C)nc2-c2[c-]ccc3c2oc2cc(-c4ccc(C([2H])([2H])C(C)(C)F)cc4)ccc23)c(C([2H])(C)C)c1.[2H]C(C)(C)c1cccc(C([2H])(C)C)c1-n1c(-c2[c-]cccc2)nc2ccccc21.[Ir]. The quantitative estimate of drug-likeness (QED) is 0.108. The van der Waals surface area contributed by atoms with Crippen LogP contribution in [0.2, 0.25) is 0 Å². The van der Waals surface area contributed by atoms with Crippen LogP contribution in [-0.4, -0.2) is 24.8 Å². The molecule has 7 aromatic carbocycles. The van der Waals surface area contributed by atoms with E-state index >= 15 is 0 Å². The van der Waals surface area contributed by atoms with Crippen LogP contribution in [0.1, 0.15) is 182 Å². The topological polar surface area (TPSA) is 48.8 Å².